The Morgan fingerprint density at radius 2 is 1.89 bits per heavy atom. The third-order valence-electron chi connectivity index (χ3n) is 3.07. The minimum absolute atomic E-state index is 0.856. The number of aromatic amines is 2. The van der Waals surface area contributed by atoms with Crippen LogP contribution in [0, 0.1) is 0 Å². The van der Waals surface area contributed by atoms with E-state index >= 15 is 0 Å². The number of benzene rings is 1. The summed E-state index contributed by atoms with van der Waals surface area (Å²) in [6.07, 6.45) is 3.71. The van der Waals surface area contributed by atoms with Crippen molar-refractivity contribution in [3.63, 3.8) is 0 Å². The summed E-state index contributed by atoms with van der Waals surface area (Å²) in [5.74, 6) is 0. The molecule has 4 nitrogen and oxygen atoms in total. The van der Waals surface area contributed by atoms with E-state index in [0.717, 1.165) is 24.3 Å². The second-order valence-corrected chi connectivity index (χ2v) is 4.47. The van der Waals surface area contributed by atoms with Crippen LogP contribution in [0.2, 0.25) is 0 Å². The first-order valence-electron chi connectivity index (χ1n) is 6.33. The summed E-state index contributed by atoms with van der Waals surface area (Å²) in [6, 6.07) is 14.6. The van der Waals surface area contributed by atoms with E-state index in [2.05, 4.69) is 50.8 Å². The Morgan fingerprint density at radius 3 is 2.58 bits per heavy atom. The highest BCUT2D eigenvalue weighted by Crippen LogP contribution is 2.16. The Kier molecular flexibility index (Phi) is 3.42. The molecule has 0 saturated heterocycles. The minimum Gasteiger partial charge on any atom is -0.364 e. The Bertz CT molecular complexity index is 594. The molecular weight excluding hydrogens is 236 g/mol. The minimum atomic E-state index is 0.856. The molecule has 96 valence electrons. The molecule has 19 heavy (non-hydrogen) atoms. The van der Waals surface area contributed by atoms with Gasteiger partial charge in [-0.1, -0.05) is 24.3 Å². The van der Waals surface area contributed by atoms with Crippen LogP contribution in [-0.4, -0.2) is 15.2 Å². The highest BCUT2D eigenvalue weighted by atomic mass is 15.1. The highest BCUT2D eigenvalue weighted by Gasteiger charge is 1.99. The monoisotopic (exact) mass is 252 g/mol. The van der Waals surface area contributed by atoms with E-state index in [-0.39, 0.29) is 0 Å². The van der Waals surface area contributed by atoms with Crippen molar-refractivity contribution in [3.8, 4) is 11.3 Å². The van der Waals surface area contributed by atoms with Crippen LogP contribution >= 0.6 is 0 Å². The van der Waals surface area contributed by atoms with Crippen molar-refractivity contribution >= 4 is 0 Å². The van der Waals surface area contributed by atoms with E-state index in [1.807, 2.05) is 18.3 Å². The summed E-state index contributed by atoms with van der Waals surface area (Å²) in [7, 11) is 0. The van der Waals surface area contributed by atoms with Gasteiger partial charge in [-0.25, -0.2) is 0 Å². The molecule has 0 atom stereocenters. The molecule has 0 saturated carbocycles. The van der Waals surface area contributed by atoms with Gasteiger partial charge in [-0.05, 0) is 29.3 Å². The van der Waals surface area contributed by atoms with Gasteiger partial charge in [-0.2, -0.15) is 5.10 Å². The lowest BCUT2D eigenvalue weighted by Crippen LogP contribution is -2.12. The molecule has 0 fully saturated rings. The summed E-state index contributed by atoms with van der Waals surface area (Å²) < 4.78 is 0. The molecule has 0 radical (unpaired) electrons. The maximum atomic E-state index is 3.96. The molecule has 4 heteroatoms. The van der Waals surface area contributed by atoms with Crippen LogP contribution < -0.4 is 5.32 Å². The molecule has 0 amide bonds. The molecule has 3 N–H and O–H groups in total. The summed E-state index contributed by atoms with van der Waals surface area (Å²) >= 11 is 0. The lowest BCUT2D eigenvalue weighted by Gasteiger charge is -2.05. The molecule has 2 heterocycles. The topological polar surface area (TPSA) is 56.5 Å². The lowest BCUT2D eigenvalue weighted by atomic mass is 10.1. The SMILES string of the molecule is c1c[nH]c(CNCc2ccc(-c3ccn[nH]3)cc2)c1. The first kappa shape index (κ1) is 11.7. The first-order chi connectivity index (χ1) is 9.42. The Balaban J connectivity index is 1.57. The van der Waals surface area contributed by atoms with Gasteiger partial charge in [0.25, 0.3) is 0 Å². The third kappa shape index (κ3) is 2.92. The van der Waals surface area contributed by atoms with Crippen LogP contribution in [0.15, 0.2) is 54.9 Å². The van der Waals surface area contributed by atoms with E-state index in [1.54, 1.807) is 6.20 Å². The molecule has 0 aliphatic carbocycles. The number of aromatic nitrogens is 3. The van der Waals surface area contributed by atoms with Gasteiger partial charge in [0.05, 0.1) is 5.69 Å². The van der Waals surface area contributed by atoms with Crippen molar-refractivity contribution in [2.24, 2.45) is 0 Å². The van der Waals surface area contributed by atoms with Crippen LogP contribution in [0.5, 0.6) is 0 Å². The number of nitrogens with one attached hydrogen (secondary N) is 3. The molecule has 0 bridgehead atoms. The van der Waals surface area contributed by atoms with E-state index in [0.29, 0.717) is 0 Å². The zero-order chi connectivity index (χ0) is 12.9. The fourth-order valence-electron chi connectivity index (χ4n) is 2.04. The zero-order valence-corrected chi connectivity index (χ0v) is 10.6. The zero-order valence-electron chi connectivity index (χ0n) is 10.6. The van der Waals surface area contributed by atoms with Crippen LogP contribution in [-0.2, 0) is 13.1 Å². The molecule has 0 aliphatic rings. The largest absolute Gasteiger partial charge is 0.364 e. The number of hydrogen-bond acceptors (Lipinski definition) is 2. The summed E-state index contributed by atoms with van der Waals surface area (Å²) in [5, 5.41) is 10.3. The maximum Gasteiger partial charge on any atom is 0.0650 e. The van der Waals surface area contributed by atoms with E-state index in [1.165, 1.54) is 11.3 Å². The number of hydrogen-bond donors (Lipinski definition) is 3. The summed E-state index contributed by atoms with van der Waals surface area (Å²) in [6.45, 7) is 1.72. The standard InChI is InChI=1S/C15H16N4/c1-2-14(17-8-1)11-16-10-12-3-5-13(6-4-12)15-7-9-18-19-15/h1-9,16-17H,10-11H2,(H,18,19). The van der Waals surface area contributed by atoms with Crippen LogP contribution in [0.4, 0.5) is 0 Å². The molecule has 0 unspecified atom stereocenters. The Morgan fingerprint density at radius 1 is 1.00 bits per heavy atom. The Labute approximate surface area is 111 Å². The quantitative estimate of drug-likeness (QED) is 0.654. The van der Waals surface area contributed by atoms with Crippen molar-refractivity contribution in [2.75, 3.05) is 0 Å². The molecular formula is C15H16N4. The predicted octanol–water partition coefficient (Wildman–Crippen LogP) is 2.69. The van der Waals surface area contributed by atoms with E-state index < -0.39 is 0 Å². The van der Waals surface area contributed by atoms with Gasteiger partial charge in [0.1, 0.15) is 0 Å². The Hall–Kier alpha value is -2.33. The van der Waals surface area contributed by atoms with E-state index in [9.17, 15) is 0 Å². The van der Waals surface area contributed by atoms with Gasteiger partial charge >= 0.3 is 0 Å². The molecule has 1 aromatic carbocycles. The van der Waals surface area contributed by atoms with E-state index in [4.69, 9.17) is 0 Å². The fraction of sp³-hybridized carbons (Fsp3) is 0.133. The normalized spacial score (nSPS) is 10.7. The van der Waals surface area contributed by atoms with Gasteiger partial charge in [0, 0.05) is 31.2 Å². The second-order valence-electron chi connectivity index (χ2n) is 4.47. The maximum absolute atomic E-state index is 3.96. The number of H-pyrrole nitrogens is 2. The van der Waals surface area contributed by atoms with Crippen molar-refractivity contribution in [3.05, 3.63) is 66.1 Å². The average molecular weight is 252 g/mol. The molecule has 2 aromatic heterocycles. The number of rotatable bonds is 5. The van der Waals surface area contributed by atoms with Crippen LogP contribution in [0.1, 0.15) is 11.3 Å². The van der Waals surface area contributed by atoms with Crippen molar-refractivity contribution in [2.45, 2.75) is 13.1 Å². The highest BCUT2D eigenvalue weighted by molar-refractivity contribution is 5.58. The fourth-order valence-corrected chi connectivity index (χ4v) is 2.04. The van der Waals surface area contributed by atoms with Gasteiger partial charge in [-0.15, -0.1) is 0 Å². The van der Waals surface area contributed by atoms with Crippen molar-refractivity contribution in [1.29, 1.82) is 0 Å². The molecule has 0 aliphatic heterocycles. The molecule has 3 rings (SSSR count). The van der Waals surface area contributed by atoms with Crippen LogP contribution in [0.3, 0.4) is 0 Å². The summed E-state index contributed by atoms with van der Waals surface area (Å²) in [4.78, 5) is 3.18. The first-order valence-corrected chi connectivity index (χ1v) is 6.33. The predicted molar refractivity (Wildman–Crippen MR) is 75.4 cm³/mol. The van der Waals surface area contributed by atoms with Gasteiger partial charge < -0.3 is 10.3 Å². The average Bonchev–Trinajstić information content (AvgIpc) is 3.13. The van der Waals surface area contributed by atoms with Gasteiger partial charge in [-0.3, -0.25) is 5.10 Å². The van der Waals surface area contributed by atoms with Crippen LogP contribution in [0.25, 0.3) is 11.3 Å². The second kappa shape index (κ2) is 5.54. The molecule has 3 aromatic rings. The van der Waals surface area contributed by atoms with Crippen molar-refractivity contribution < 1.29 is 0 Å². The third-order valence-corrected chi connectivity index (χ3v) is 3.07. The molecule has 0 spiro atoms. The van der Waals surface area contributed by atoms with Gasteiger partial charge in [0.2, 0.25) is 0 Å². The smallest absolute Gasteiger partial charge is 0.0650 e. The van der Waals surface area contributed by atoms with Crippen molar-refractivity contribution in [1.82, 2.24) is 20.5 Å². The van der Waals surface area contributed by atoms with Gasteiger partial charge in [0.15, 0.2) is 0 Å². The number of nitrogens with zero attached hydrogens (tertiary/aromatic N) is 1. The lowest BCUT2D eigenvalue weighted by molar-refractivity contribution is 0.682. The summed E-state index contributed by atoms with van der Waals surface area (Å²) in [5.41, 5.74) is 4.68.